The quantitative estimate of drug-likeness (QED) is 0.396. The van der Waals surface area contributed by atoms with Gasteiger partial charge in [0.2, 0.25) is 5.75 Å². The number of benzene rings is 1. The summed E-state index contributed by atoms with van der Waals surface area (Å²) in [5.41, 5.74) is 2.48. The van der Waals surface area contributed by atoms with Gasteiger partial charge in [0.25, 0.3) is 0 Å². The van der Waals surface area contributed by atoms with E-state index >= 15 is 0 Å². The highest BCUT2D eigenvalue weighted by Gasteiger charge is 2.30. The molecule has 2 aromatic rings. The lowest BCUT2D eigenvalue weighted by Gasteiger charge is -2.23. The van der Waals surface area contributed by atoms with Crippen LogP contribution in [0.15, 0.2) is 46.6 Å². The molecule has 0 saturated carbocycles. The van der Waals surface area contributed by atoms with Gasteiger partial charge in [-0.15, -0.1) is 11.8 Å². The third kappa shape index (κ3) is 5.93. The Balaban J connectivity index is 2.27. The number of methoxy groups -OCH3 is 2. The number of alkyl carbamates (subject to hydrolysis) is 1. The van der Waals surface area contributed by atoms with Crippen molar-refractivity contribution >= 4 is 17.9 Å². The average molecular weight is 500 g/mol. The van der Waals surface area contributed by atoms with E-state index in [2.05, 4.69) is 11.9 Å². The van der Waals surface area contributed by atoms with Crippen molar-refractivity contribution in [2.75, 3.05) is 27.1 Å². The summed E-state index contributed by atoms with van der Waals surface area (Å²) in [6.45, 7) is 9.46. The Labute approximate surface area is 210 Å². The lowest BCUT2D eigenvalue weighted by molar-refractivity contribution is 0.0501. The van der Waals surface area contributed by atoms with E-state index in [-0.39, 0.29) is 5.43 Å². The van der Waals surface area contributed by atoms with Gasteiger partial charge >= 0.3 is 6.09 Å². The molecule has 1 unspecified atom stereocenters. The van der Waals surface area contributed by atoms with Crippen molar-refractivity contribution in [2.24, 2.45) is 0 Å². The minimum atomic E-state index is -0.647. The molecule has 0 aliphatic heterocycles. The zero-order chi connectivity index (χ0) is 25.8. The molecule has 1 aliphatic rings. The largest absolute Gasteiger partial charge is 0.492 e. The van der Waals surface area contributed by atoms with Crippen LogP contribution in [0.25, 0.3) is 11.1 Å². The Kier molecular flexibility index (Phi) is 8.38. The van der Waals surface area contributed by atoms with Gasteiger partial charge in [0.05, 0.1) is 25.2 Å². The molecule has 7 nitrogen and oxygen atoms in total. The molecule has 0 aromatic heterocycles. The molecule has 0 bridgehead atoms. The van der Waals surface area contributed by atoms with Crippen LogP contribution in [0, 0.1) is 0 Å². The van der Waals surface area contributed by atoms with Gasteiger partial charge in [-0.2, -0.15) is 0 Å². The average Bonchev–Trinajstić information content (AvgIpc) is 3.04. The third-order valence-corrected chi connectivity index (χ3v) is 6.33. The summed E-state index contributed by atoms with van der Waals surface area (Å²) in [5.74, 6) is 1.50. The second-order valence-corrected chi connectivity index (χ2v) is 9.94. The topological polar surface area (TPSA) is 83.1 Å². The van der Waals surface area contributed by atoms with Crippen molar-refractivity contribution in [2.45, 2.75) is 50.2 Å². The van der Waals surface area contributed by atoms with E-state index in [9.17, 15) is 9.59 Å². The van der Waals surface area contributed by atoms with Gasteiger partial charge in [-0.3, -0.25) is 4.79 Å². The lowest BCUT2D eigenvalue weighted by atomic mass is 9.95. The molecule has 0 radical (unpaired) electrons. The molecular formula is C27H33NO6S. The highest BCUT2D eigenvalue weighted by atomic mass is 32.2. The number of amides is 1. The van der Waals surface area contributed by atoms with Crippen LogP contribution >= 0.6 is 11.8 Å². The SMILES string of the molecule is C=CCOc1cc2c(c(OC)c1OC)-c1ccc(SC)c(=O)cc1C(NC(=O)OC(C)(C)C)CC2. The first-order valence-corrected chi connectivity index (χ1v) is 12.6. The van der Waals surface area contributed by atoms with Gasteiger partial charge in [0, 0.05) is 5.56 Å². The van der Waals surface area contributed by atoms with Crippen LogP contribution in [0.5, 0.6) is 17.2 Å². The van der Waals surface area contributed by atoms with Crippen molar-refractivity contribution in [3.8, 4) is 28.4 Å². The Hall–Kier alpha value is -3.13. The summed E-state index contributed by atoms with van der Waals surface area (Å²) in [6, 6.07) is 6.80. The van der Waals surface area contributed by atoms with Crippen molar-refractivity contribution < 1.29 is 23.7 Å². The smallest absolute Gasteiger partial charge is 0.408 e. The summed E-state index contributed by atoms with van der Waals surface area (Å²) >= 11 is 1.38. The minimum absolute atomic E-state index is 0.116. The standard InChI is InChI=1S/C27H33NO6S/c1-8-13-33-21-14-16-9-11-19(28-26(30)34-27(2,3)4)18-15-20(29)22(35-7)12-10-17(18)23(16)25(32-6)24(21)31-5/h8,10,12,14-15,19H,1,9,11,13H2,2-7H3,(H,28,30). The molecule has 1 N–H and O–H groups in total. The second-order valence-electron chi connectivity index (χ2n) is 9.09. The number of carbonyl (C=O) groups is 1. The van der Waals surface area contributed by atoms with Crippen LogP contribution in [-0.2, 0) is 11.2 Å². The van der Waals surface area contributed by atoms with Crippen LogP contribution in [-0.4, -0.2) is 38.8 Å². The third-order valence-electron chi connectivity index (χ3n) is 5.55. The zero-order valence-corrected chi connectivity index (χ0v) is 22.0. The maximum Gasteiger partial charge on any atom is 0.408 e. The molecule has 1 atom stereocenters. The van der Waals surface area contributed by atoms with E-state index in [4.69, 9.17) is 18.9 Å². The lowest BCUT2D eigenvalue weighted by Crippen LogP contribution is -2.35. The highest BCUT2D eigenvalue weighted by molar-refractivity contribution is 7.98. The molecule has 0 heterocycles. The van der Waals surface area contributed by atoms with E-state index in [1.165, 1.54) is 11.8 Å². The number of carbonyl (C=O) groups excluding carboxylic acids is 1. The molecule has 1 aliphatic carbocycles. The van der Waals surface area contributed by atoms with E-state index in [0.717, 1.165) is 16.7 Å². The van der Waals surface area contributed by atoms with E-state index in [1.807, 2.05) is 39.2 Å². The fourth-order valence-electron chi connectivity index (χ4n) is 4.17. The van der Waals surface area contributed by atoms with Gasteiger partial charge in [0.15, 0.2) is 16.9 Å². The predicted octanol–water partition coefficient (Wildman–Crippen LogP) is 5.53. The monoisotopic (exact) mass is 499 g/mol. The summed E-state index contributed by atoms with van der Waals surface area (Å²) < 4.78 is 22.9. The van der Waals surface area contributed by atoms with Crippen LogP contribution in [0.3, 0.4) is 0 Å². The molecule has 1 amide bonds. The summed E-state index contributed by atoms with van der Waals surface area (Å²) in [7, 11) is 3.13. The van der Waals surface area contributed by atoms with E-state index < -0.39 is 17.7 Å². The van der Waals surface area contributed by atoms with Gasteiger partial charge in [-0.1, -0.05) is 18.7 Å². The van der Waals surface area contributed by atoms with Crippen LogP contribution < -0.4 is 25.0 Å². The maximum atomic E-state index is 13.0. The van der Waals surface area contributed by atoms with Gasteiger partial charge in [0.1, 0.15) is 12.2 Å². The number of thioether (sulfide) groups is 1. The summed E-state index contributed by atoms with van der Waals surface area (Å²) in [6.07, 6.45) is 4.13. The molecule has 35 heavy (non-hydrogen) atoms. The number of ether oxygens (including phenoxy) is 4. The van der Waals surface area contributed by atoms with Crippen molar-refractivity contribution in [1.82, 2.24) is 5.32 Å². The van der Waals surface area contributed by atoms with Gasteiger partial charge in [-0.05, 0) is 74.8 Å². The Bertz CT molecular complexity index is 1170. The number of rotatable bonds is 7. The van der Waals surface area contributed by atoms with Crippen molar-refractivity contribution in [3.05, 3.63) is 58.3 Å². The molecule has 0 saturated heterocycles. The first-order chi connectivity index (χ1) is 16.6. The van der Waals surface area contributed by atoms with E-state index in [0.29, 0.717) is 47.2 Å². The number of hydrogen-bond donors (Lipinski definition) is 1. The fraction of sp³-hybridized carbons (Fsp3) is 0.407. The second kappa shape index (κ2) is 11.1. The zero-order valence-electron chi connectivity index (χ0n) is 21.2. The van der Waals surface area contributed by atoms with Crippen LogP contribution in [0.1, 0.15) is 44.4 Å². The summed E-state index contributed by atoms with van der Waals surface area (Å²) in [4.78, 5) is 26.3. The Morgan fingerprint density at radius 3 is 2.51 bits per heavy atom. The fourth-order valence-corrected chi connectivity index (χ4v) is 4.64. The van der Waals surface area contributed by atoms with Gasteiger partial charge < -0.3 is 24.3 Å². The molecule has 0 fully saturated rings. The number of fused-ring (bicyclic) bond motifs is 3. The minimum Gasteiger partial charge on any atom is -0.492 e. The Morgan fingerprint density at radius 2 is 1.91 bits per heavy atom. The van der Waals surface area contributed by atoms with Crippen LogP contribution in [0.2, 0.25) is 0 Å². The Morgan fingerprint density at radius 1 is 1.20 bits per heavy atom. The first-order valence-electron chi connectivity index (χ1n) is 11.4. The maximum absolute atomic E-state index is 13.0. The summed E-state index contributed by atoms with van der Waals surface area (Å²) in [5, 5.41) is 2.98. The van der Waals surface area contributed by atoms with Crippen molar-refractivity contribution in [3.63, 3.8) is 0 Å². The highest BCUT2D eigenvalue weighted by Crippen LogP contribution is 2.50. The number of nitrogens with one attached hydrogen (secondary N) is 1. The molecule has 2 aromatic carbocycles. The van der Waals surface area contributed by atoms with E-state index in [1.54, 1.807) is 32.4 Å². The van der Waals surface area contributed by atoms with Crippen LogP contribution in [0.4, 0.5) is 4.79 Å². The van der Waals surface area contributed by atoms with Gasteiger partial charge in [-0.25, -0.2) is 4.79 Å². The number of hydrogen-bond acceptors (Lipinski definition) is 7. The predicted molar refractivity (Wildman–Crippen MR) is 139 cm³/mol. The molecule has 0 spiro atoms. The first kappa shape index (κ1) is 26.5. The molecule has 8 heteroatoms. The molecule has 3 rings (SSSR count). The van der Waals surface area contributed by atoms with Crippen molar-refractivity contribution in [1.29, 1.82) is 0 Å². The normalized spacial score (nSPS) is 14.6. The number of aryl methyl sites for hydroxylation is 1. The molecular weight excluding hydrogens is 466 g/mol. The molecule has 188 valence electrons.